The fourth-order valence-electron chi connectivity index (χ4n) is 5.72. The minimum Gasteiger partial charge on any atom is -1.00 e. The van der Waals surface area contributed by atoms with Crippen molar-refractivity contribution in [3.05, 3.63) is 94.5 Å². The van der Waals surface area contributed by atoms with Crippen LogP contribution < -0.4 is 26.4 Å². The molecule has 6 heteroatoms. The number of nitrogens with zero attached hydrogens (tertiary/aromatic N) is 2. The second-order valence-electron chi connectivity index (χ2n) is 9.26. The van der Waals surface area contributed by atoms with Crippen LogP contribution in [0.25, 0.3) is 22.4 Å². The number of halogens is 1. The monoisotopic (exact) mass is 546 g/mol. The highest BCUT2D eigenvalue weighted by Crippen LogP contribution is 2.50. The van der Waals surface area contributed by atoms with Gasteiger partial charge in [0.1, 0.15) is 4.70 Å². The maximum absolute atomic E-state index is 11.5. The summed E-state index contributed by atoms with van der Waals surface area (Å²) in [4.78, 5) is 14.1. The predicted octanol–water partition coefficient (Wildman–Crippen LogP) is 3.10. The van der Waals surface area contributed by atoms with Crippen molar-refractivity contribution in [1.82, 2.24) is 0 Å². The van der Waals surface area contributed by atoms with E-state index in [1.54, 1.807) is 11.3 Å². The average Bonchev–Trinajstić information content (AvgIpc) is 3.53. The SMILES string of the molecule is O=C(O)C[n+]1c(/C=C/c2ccc3c(c2)C2CCCC2N3Cc2ccccc2)sc2ccccc21.[Br-]. The minimum absolute atomic E-state index is 0. The summed E-state index contributed by atoms with van der Waals surface area (Å²) in [6.45, 7) is 0.924. The van der Waals surface area contributed by atoms with Crippen LogP contribution in [0.4, 0.5) is 5.69 Å². The van der Waals surface area contributed by atoms with Crippen molar-refractivity contribution >= 4 is 45.4 Å². The van der Waals surface area contributed by atoms with Gasteiger partial charge in [0.2, 0.25) is 12.1 Å². The van der Waals surface area contributed by atoms with E-state index in [9.17, 15) is 9.90 Å². The molecule has 1 aliphatic heterocycles. The number of hydrogen-bond acceptors (Lipinski definition) is 3. The van der Waals surface area contributed by atoms with E-state index in [1.165, 1.54) is 41.6 Å². The van der Waals surface area contributed by atoms with Crippen LogP contribution in [-0.4, -0.2) is 17.1 Å². The fraction of sp³-hybridized carbons (Fsp3) is 0.241. The zero-order chi connectivity index (χ0) is 23.1. The molecule has 0 radical (unpaired) electrons. The van der Waals surface area contributed by atoms with Crippen LogP contribution >= 0.6 is 11.3 Å². The Balaban J connectivity index is 0.00000253. The number of carbonyl (C=O) groups is 1. The van der Waals surface area contributed by atoms with Gasteiger partial charge in [-0.1, -0.05) is 66.3 Å². The Kier molecular flexibility index (Phi) is 6.76. The van der Waals surface area contributed by atoms with Gasteiger partial charge in [-0.2, -0.15) is 4.57 Å². The number of carboxylic acid groups (broad SMARTS) is 1. The molecule has 4 aromatic rings. The molecular formula is C29H27BrN2O2S. The smallest absolute Gasteiger partial charge is 0.370 e. The molecule has 0 spiro atoms. The average molecular weight is 548 g/mol. The Hall–Kier alpha value is -2.96. The predicted molar refractivity (Wildman–Crippen MR) is 138 cm³/mol. The maximum Gasteiger partial charge on any atom is 0.370 e. The van der Waals surface area contributed by atoms with Crippen molar-refractivity contribution in [2.45, 2.75) is 44.3 Å². The number of aromatic nitrogens is 1. The summed E-state index contributed by atoms with van der Waals surface area (Å²) in [5.41, 5.74) is 6.34. The number of thiazole rings is 1. The zero-order valence-electron chi connectivity index (χ0n) is 19.3. The number of benzene rings is 3. The highest BCUT2D eigenvalue weighted by atomic mass is 79.9. The van der Waals surface area contributed by atoms with Crippen LogP contribution in [0.15, 0.2) is 72.8 Å². The van der Waals surface area contributed by atoms with Crippen LogP contribution in [0.5, 0.6) is 0 Å². The van der Waals surface area contributed by atoms with Crippen molar-refractivity contribution in [2.24, 2.45) is 0 Å². The van der Waals surface area contributed by atoms with E-state index in [0.717, 1.165) is 21.8 Å². The largest absolute Gasteiger partial charge is 1.00 e. The summed E-state index contributed by atoms with van der Waals surface area (Å²) in [5.74, 6) is -0.222. The maximum atomic E-state index is 11.5. The minimum atomic E-state index is -0.827. The summed E-state index contributed by atoms with van der Waals surface area (Å²) < 4.78 is 2.99. The van der Waals surface area contributed by atoms with E-state index >= 15 is 0 Å². The Morgan fingerprint density at radius 2 is 1.83 bits per heavy atom. The molecule has 6 rings (SSSR count). The highest BCUT2D eigenvalue weighted by molar-refractivity contribution is 7.18. The van der Waals surface area contributed by atoms with Gasteiger partial charge in [-0.05, 0) is 53.8 Å². The number of anilines is 1. The van der Waals surface area contributed by atoms with E-state index < -0.39 is 5.97 Å². The first-order valence-electron chi connectivity index (χ1n) is 11.9. The van der Waals surface area contributed by atoms with Crippen molar-refractivity contribution in [3.8, 4) is 0 Å². The molecule has 4 nitrogen and oxygen atoms in total. The number of aliphatic carboxylic acids is 1. The third-order valence-electron chi connectivity index (χ3n) is 7.18. The van der Waals surface area contributed by atoms with Gasteiger partial charge in [0, 0.05) is 36.3 Å². The second kappa shape index (κ2) is 9.96. The second-order valence-corrected chi connectivity index (χ2v) is 10.3. The first-order chi connectivity index (χ1) is 16.7. The Morgan fingerprint density at radius 3 is 2.66 bits per heavy atom. The molecule has 2 aliphatic rings. The van der Waals surface area contributed by atoms with Crippen molar-refractivity contribution < 1.29 is 31.4 Å². The summed E-state index contributed by atoms with van der Waals surface area (Å²) in [6, 6.07) is 26.2. The molecule has 2 atom stereocenters. The molecule has 0 saturated heterocycles. The van der Waals surface area contributed by atoms with E-state index in [-0.39, 0.29) is 23.5 Å². The summed E-state index contributed by atoms with van der Waals surface area (Å²) in [7, 11) is 0. The number of carboxylic acids is 1. The van der Waals surface area contributed by atoms with Crippen molar-refractivity contribution in [2.75, 3.05) is 4.90 Å². The van der Waals surface area contributed by atoms with E-state index in [4.69, 9.17) is 0 Å². The van der Waals surface area contributed by atoms with Crippen LogP contribution in [-0.2, 0) is 17.9 Å². The Bertz CT molecular complexity index is 1400. The highest BCUT2D eigenvalue weighted by Gasteiger charge is 2.41. The summed E-state index contributed by atoms with van der Waals surface area (Å²) in [6.07, 6.45) is 8.00. The third kappa shape index (κ3) is 4.53. The fourth-order valence-corrected chi connectivity index (χ4v) is 6.78. The molecule has 1 fully saturated rings. The van der Waals surface area contributed by atoms with Crippen molar-refractivity contribution in [3.63, 3.8) is 0 Å². The first-order valence-corrected chi connectivity index (χ1v) is 12.7. The number of para-hydroxylation sites is 1. The van der Waals surface area contributed by atoms with E-state index in [1.807, 2.05) is 28.8 Å². The molecule has 1 saturated carbocycles. The topological polar surface area (TPSA) is 44.4 Å². The molecule has 1 aromatic heterocycles. The molecule has 1 aliphatic carbocycles. The lowest BCUT2D eigenvalue weighted by atomic mass is 9.96. The van der Waals surface area contributed by atoms with Gasteiger partial charge in [0.15, 0.2) is 0 Å². The number of fused-ring (bicyclic) bond motifs is 4. The van der Waals surface area contributed by atoms with Gasteiger partial charge in [-0.3, -0.25) is 0 Å². The molecular weight excluding hydrogens is 520 g/mol. The Labute approximate surface area is 219 Å². The summed E-state index contributed by atoms with van der Waals surface area (Å²) >= 11 is 1.63. The standard InChI is InChI=1S/C29H26N2O2S.BrH/c32-29(33)19-31-26-10-4-5-12-27(26)34-28(31)16-14-20-13-15-25-23(17-20)22-9-6-11-24(22)30(25)18-21-7-2-1-3-8-21;/h1-5,7-8,10,12-17,22,24H,6,9,11,18-19H2;1H. The van der Waals surface area contributed by atoms with Crippen LogP contribution in [0.3, 0.4) is 0 Å². The number of hydrogen-bond donors (Lipinski definition) is 1. The van der Waals surface area contributed by atoms with Gasteiger partial charge in [0.05, 0.1) is 0 Å². The number of rotatable bonds is 6. The lowest BCUT2D eigenvalue weighted by molar-refractivity contribution is -0.657. The van der Waals surface area contributed by atoms with E-state index in [2.05, 4.69) is 65.6 Å². The van der Waals surface area contributed by atoms with Crippen LogP contribution in [0.1, 0.15) is 46.9 Å². The first kappa shape index (κ1) is 23.8. The lowest BCUT2D eigenvalue weighted by Crippen LogP contribution is -3.00. The molecule has 2 heterocycles. The van der Waals surface area contributed by atoms with E-state index in [0.29, 0.717) is 12.0 Å². The van der Waals surface area contributed by atoms with Crippen LogP contribution in [0, 0.1) is 0 Å². The van der Waals surface area contributed by atoms with Gasteiger partial charge < -0.3 is 27.0 Å². The summed E-state index contributed by atoms with van der Waals surface area (Å²) in [5, 5.41) is 10.4. The van der Waals surface area contributed by atoms with Gasteiger partial charge in [-0.25, -0.2) is 4.79 Å². The Morgan fingerprint density at radius 1 is 1.03 bits per heavy atom. The quantitative estimate of drug-likeness (QED) is 0.378. The lowest BCUT2D eigenvalue weighted by Gasteiger charge is -2.27. The van der Waals surface area contributed by atoms with Gasteiger partial charge in [0.25, 0.3) is 5.01 Å². The molecule has 0 bridgehead atoms. The normalized spacial score (nSPS) is 18.6. The van der Waals surface area contributed by atoms with Gasteiger partial charge in [-0.15, -0.1) is 0 Å². The van der Waals surface area contributed by atoms with Gasteiger partial charge >= 0.3 is 5.97 Å². The van der Waals surface area contributed by atoms with Crippen molar-refractivity contribution in [1.29, 1.82) is 0 Å². The zero-order valence-corrected chi connectivity index (χ0v) is 21.7. The molecule has 0 amide bonds. The third-order valence-corrected chi connectivity index (χ3v) is 8.32. The molecule has 1 N–H and O–H groups in total. The van der Waals surface area contributed by atoms with Crippen LogP contribution in [0.2, 0.25) is 0 Å². The molecule has 35 heavy (non-hydrogen) atoms. The molecule has 2 unspecified atom stereocenters. The molecule has 178 valence electrons. The molecule has 3 aromatic carbocycles.